The molecule has 1 N–H and O–H groups in total. The van der Waals surface area contributed by atoms with E-state index in [0.29, 0.717) is 6.42 Å². The minimum Gasteiger partial charge on any atom is -0.333 e. The molecule has 2 aliphatic heterocycles. The van der Waals surface area contributed by atoms with Crippen LogP contribution in [0.4, 0.5) is 13.6 Å². The molecule has 2 heterocycles. The van der Waals surface area contributed by atoms with Gasteiger partial charge in [-0.05, 0) is 48.2 Å². The topological polar surface area (TPSA) is 76.2 Å². The Bertz CT molecular complexity index is 1140. The molecule has 37 heavy (non-hydrogen) atoms. The highest BCUT2D eigenvalue weighted by Gasteiger charge is 2.52. The van der Waals surface area contributed by atoms with Crippen LogP contribution in [0.3, 0.4) is 0 Å². The van der Waals surface area contributed by atoms with Crippen LogP contribution >= 0.6 is 0 Å². The van der Waals surface area contributed by atoms with E-state index in [0.717, 1.165) is 11.1 Å². The van der Waals surface area contributed by atoms with Crippen molar-refractivity contribution in [2.45, 2.75) is 52.0 Å². The van der Waals surface area contributed by atoms with Crippen LogP contribution in [0.1, 0.15) is 44.4 Å². The van der Waals surface area contributed by atoms with Gasteiger partial charge < -0.3 is 15.1 Å². The third-order valence-electron chi connectivity index (χ3n) is 7.39. The molecule has 198 valence electrons. The first-order valence-corrected chi connectivity index (χ1v) is 12.5. The smallest absolute Gasteiger partial charge is 0.333 e. The Morgan fingerprint density at radius 3 is 2.22 bits per heavy atom. The average Bonchev–Trinajstić information content (AvgIpc) is 2.88. The summed E-state index contributed by atoms with van der Waals surface area (Å²) in [4.78, 5) is 43.7. The summed E-state index contributed by atoms with van der Waals surface area (Å²) in [7, 11) is 1.66. The van der Waals surface area contributed by atoms with Crippen molar-refractivity contribution in [3.8, 4) is 0 Å². The van der Waals surface area contributed by atoms with E-state index >= 15 is 0 Å². The third kappa shape index (κ3) is 5.29. The number of urea groups is 1. The van der Waals surface area contributed by atoms with E-state index in [9.17, 15) is 23.2 Å². The first-order valence-electron chi connectivity index (χ1n) is 12.5. The lowest BCUT2D eigenvalue weighted by Gasteiger charge is -2.56. The second-order valence-corrected chi connectivity index (χ2v) is 9.78. The van der Waals surface area contributed by atoms with Crippen molar-refractivity contribution in [1.29, 1.82) is 0 Å². The van der Waals surface area contributed by atoms with Crippen LogP contribution in [-0.4, -0.2) is 70.0 Å². The van der Waals surface area contributed by atoms with Crippen molar-refractivity contribution in [1.82, 2.24) is 25.1 Å². The maximum absolute atomic E-state index is 13.8. The number of carbonyl (C=O) groups excluding carboxylic acids is 3. The summed E-state index contributed by atoms with van der Waals surface area (Å²) in [5, 5.41) is 5.90. The van der Waals surface area contributed by atoms with Gasteiger partial charge in [0.15, 0.2) is 0 Å². The first-order chi connectivity index (χ1) is 17.6. The summed E-state index contributed by atoms with van der Waals surface area (Å²) < 4.78 is 26.8. The number of halogens is 2. The molecule has 2 aromatic rings. The van der Waals surface area contributed by atoms with Crippen LogP contribution in [0, 0.1) is 17.6 Å². The second-order valence-electron chi connectivity index (χ2n) is 9.78. The lowest BCUT2D eigenvalue weighted by atomic mass is 9.91. The number of hydrogen-bond acceptors (Lipinski definition) is 4. The van der Waals surface area contributed by atoms with Crippen molar-refractivity contribution in [2.75, 3.05) is 20.1 Å². The molecule has 0 spiro atoms. The zero-order valence-corrected chi connectivity index (χ0v) is 21.5. The summed E-state index contributed by atoms with van der Waals surface area (Å²) in [6, 6.07) is 10.3. The fraction of sp³-hybridized carbons (Fsp3) is 0.444. The zero-order valence-electron chi connectivity index (χ0n) is 21.5. The van der Waals surface area contributed by atoms with Crippen LogP contribution in [0.5, 0.6) is 0 Å². The predicted molar refractivity (Wildman–Crippen MR) is 134 cm³/mol. The first kappa shape index (κ1) is 26.5. The lowest BCUT2D eigenvalue weighted by molar-refractivity contribution is -0.192. The average molecular weight is 514 g/mol. The Hall–Kier alpha value is -3.53. The van der Waals surface area contributed by atoms with Crippen molar-refractivity contribution in [3.63, 3.8) is 0 Å². The fourth-order valence-corrected chi connectivity index (χ4v) is 5.09. The predicted octanol–water partition coefficient (Wildman–Crippen LogP) is 3.51. The van der Waals surface area contributed by atoms with Gasteiger partial charge in [0.05, 0.1) is 19.1 Å². The van der Waals surface area contributed by atoms with Crippen LogP contribution in [0.25, 0.3) is 0 Å². The van der Waals surface area contributed by atoms with Crippen LogP contribution in [-0.2, 0) is 16.1 Å². The number of likely N-dealkylation sites (N-methyl/N-ethyl adjacent to an activating group) is 1. The minimum atomic E-state index is -0.736. The summed E-state index contributed by atoms with van der Waals surface area (Å²) in [6.45, 7) is 5.98. The number of rotatable bonds is 6. The Balaban J connectivity index is 1.65. The number of hydrogen-bond donors (Lipinski definition) is 1. The molecule has 10 heteroatoms. The van der Waals surface area contributed by atoms with Crippen LogP contribution in [0.2, 0.25) is 0 Å². The van der Waals surface area contributed by atoms with Gasteiger partial charge >= 0.3 is 6.03 Å². The highest BCUT2D eigenvalue weighted by atomic mass is 19.1. The molecule has 0 radical (unpaired) electrons. The van der Waals surface area contributed by atoms with E-state index in [1.807, 2.05) is 20.8 Å². The summed E-state index contributed by atoms with van der Waals surface area (Å²) in [5.74, 6) is -1.28. The van der Waals surface area contributed by atoms with E-state index < -0.39 is 24.3 Å². The van der Waals surface area contributed by atoms with E-state index in [2.05, 4.69) is 5.32 Å². The van der Waals surface area contributed by atoms with Gasteiger partial charge in [0.1, 0.15) is 23.8 Å². The highest BCUT2D eigenvalue weighted by Crippen LogP contribution is 2.34. The molecular formula is C27H33F2N5O3. The summed E-state index contributed by atoms with van der Waals surface area (Å²) in [6.07, 6.45) is -0.0581. The number of carbonyl (C=O) groups is 3. The molecule has 2 fully saturated rings. The number of nitrogens with zero attached hydrogens (tertiary/aromatic N) is 4. The quantitative estimate of drug-likeness (QED) is 0.642. The second kappa shape index (κ2) is 10.8. The largest absolute Gasteiger partial charge is 0.334 e. The van der Waals surface area contributed by atoms with Crippen molar-refractivity contribution in [3.05, 3.63) is 71.3 Å². The molecule has 4 atom stereocenters. The van der Waals surface area contributed by atoms with Gasteiger partial charge in [-0.15, -0.1) is 0 Å². The lowest BCUT2D eigenvalue weighted by Crippen LogP contribution is -2.76. The highest BCUT2D eigenvalue weighted by molar-refractivity contribution is 5.92. The molecule has 4 rings (SSSR count). The Labute approximate surface area is 215 Å². The molecule has 2 unspecified atom stereocenters. The molecule has 0 aliphatic carbocycles. The van der Waals surface area contributed by atoms with Crippen LogP contribution < -0.4 is 5.32 Å². The summed E-state index contributed by atoms with van der Waals surface area (Å²) >= 11 is 0. The van der Waals surface area contributed by atoms with Crippen molar-refractivity contribution < 1.29 is 23.2 Å². The molecule has 0 saturated carbocycles. The van der Waals surface area contributed by atoms with E-state index in [1.165, 1.54) is 29.3 Å². The molecule has 2 saturated heterocycles. The molecule has 8 nitrogen and oxygen atoms in total. The number of benzene rings is 2. The Morgan fingerprint density at radius 1 is 1.03 bits per heavy atom. The van der Waals surface area contributed by atoms with E-state index in [1.54, 1.807) is 46.1 Å². The van der Waals surface area contributed by atoms with E-state index in [-0.39, 0.29) is 49.0 Å². The Kier molecular flexibility index (Phi) is 7.77. The number of nitrogens with one attached hydrogen (secondary N) is 1. The number of fused-ring (bicyclic) bond motifs is 1. The van der Waals surface area contributed by atoms with Crippen molar-refractivity contribution in [2.24, 2.45) is 5.92 Å². The molecule has 2 aliphatic rings. The van der Waals surface area contributed by atoms with E-state index in [4.69, 9.17) is 0 Å². The number of amides is 4. The Morgan fingerprint density at radius 2 is 1.62 bits per heavy atom. The van der Waals surface area contributed by atoms with Gasteiger partial charge in [0, 0.05) is 13.6 Å². The maximum atomic E-state index is 13.8. The van der Waals surface area contributed by atoms with Gasteiger partial charge in [-0.3, -0.25) is 9.59 Å². The third-order valence-corrected chi connectivity index (χ3v) is 7.39. The summed E-state index contributed by atoms with van der Waals surface area (Å²) in [5.41, 5.74) is 1.49. The monoisotopic (exact) mass is 513 g/mol. The maximum Gasteiger partial charge on any atom is 0.334 e. The van der Waals surface area contributed by atoms with Crippen molar-refractivity contribution >= 4 is 17.8 Å². The fourth-order valence-electron chi connectivity index (χ4n) is 5.09. The number of piperazine rings is 1. The van der Waals surface area contributed by atoms with Gasteiger partial charge in [-0.2, -0.15) is 0 Å². The number of hydrazine groups is 1. The normalized spacial score (nSPS) is 22.1. The molecule has 0 bridgehead atoms. The molecule has 2 aromatic carbocycles. The standard InChI is InChI=1S/C27H33F2N5O3/c1-5-17(2)25-26(36)32(18(3)20-8-12-22(29)13-9-20)15-23-33(25)24(35)16-31(4)34(23)27(37)30-14-19-6-10-21(28)11-7-19/h6-13,17-18,23,25H,5,14-16H2,1-4H3,(H,30,37)/t17?,18?,23-,25-/m0/s1. The molecule has 4 amide bonds. The van der Waals surface area contributed by atoms with Gasteiger partial charge in [0.25, 0.3) is 0 Å². The minimum absolute atomic E-state index is 0.0474. The van der Waals surface area contributed by atoms with Gasteiger partial charge in [0.2, 0.25) is 11.8 Å². The SMILES string of the molecule is CCC(C)[C@H]1C(=O)N(C(C)c2ccc(F)cc2)C[C@H]2N1C(=O)CN(C)N2C(=O)NCc1ccc(F)cc1. The van der Waals surface area contributed by atoms with Gasteiger partial charge in [-0.1, -0.05) is 44.5 Å². The van der Waals surface area contributed by atoms with Gasteiger partial charge in [-0.25, -0.2) is 23.6 Å². The zero-order chi connectivity index (χ0) is 26.9. The van der Waals surface area contributed by atoms with Crippen LogP contribution in [0.15, 0.2) is 48.5 Å². The molecular weight excluding hydrogens is 480 g/mol. The molecule has 0 aromatic heterocycles.